The predicted octanol–water partition coefficient (Wildman–Crippen LogP) is 2.68. The molecule has 3 aromatic rings. The van der Waals surface area contributed by atoms with Crippen LogP contribution in [0.15, 0.2) is 42.7 Å². The van der Waals surface area contributed by atoms with E-state index in [1.165, 1.54) is 0 Å². The van der Waals surface area contributed by atoms with E-state index in [-0.39, 0.29) is 6.42 Å². The number of aliphatic carboxylic acids is 1. The fourth-order valence-electron chi connectivity index (χ4n) is 4.95. The van der Waals surface area contributed by atoms with Crippen LogP contribution < -0.4 is 16.0 Å². The van der Waals surface area contributed by atoms with Crippen molar-refractivity contribution in [3.8, 4) is 0 Å². The van der Waals surface area contributed by atoms with Crippen molar-refractivity contribution in [2.45, 2.75) is 31.7 Å². The first kappa shape index (κ1) is 22.1. The van der Waals surface area contributed by atoms with Crippen LogP contribution in [0.3, 0.4) is 0 Å². The maximum atomic E-state index is 12.2. The molecule has 1 aliphatic carbocycles. The van der Waals surface area contributed by atoms with Gasteiger partial charge in [0.1, 0.15) is 5.65 Å². The van der Waals surface area contributed by atoms with E-state index in [0.717, 1.165) is 49.5 Å². The molecule has 1 unspecified atom stereocenters. The lowest BCUT2D eigenvalue weighted by Crippen LogP contribution is -2.46. The van der Waals surface area contributed by atoms with E-state index < -0.39 is 23.3 Å². The number of carboxylic acid groups (broad SMARTS) is 1. The Morgan fingerprint density at radius 3 is 2.53 bits per heavy atom. The number of ether oxygens (including phenoxy) is 1. The molecule has 1 aliphatic heterocycles. The summed E-state index contributed by atoms with van der Waals surface area (Å²) in [5.74, 6) is -1.05. The molecule has 1 amide bonds. The number of amides is 1. The Morgan fingerprint density at radius 2 is 1.91 bits per heavy atom. The second-order valence-electron chi connectivity index (χ2n) is 8.97. The summed E-state index contributed by atoms with van der Waals surface area (Å²) >= 11 is 0. The Labute approximate surface area is 196 Å². The molecule has 10 nitrogen and oxygen atoms in total. The Balaban J connectivity index is 1.42. The Bertz CT molecular complexity index is 1200. The van der Waals surface area contributed by atoms with Gasteiger partial charge in [0.25, 0.3) is 0 Å². The van der Waals surface area contributed by atoms with Gasteiger partial charge in [-0.2, -0.15) is 4.98 Å². The number of hydrogen-bond acceptors (Lipinski definition) is 7. The summed E-state index contributed by atoms with van der Waals surface area (Å²) in [7, 11) is 0. The van der Waals surface area contributed by atoms with E-state index in [4.69, 9.17) is 10.5 Å². The number of anilines is 3. The summed E-state index contributed by atoms with van der Waals surface area (Å²) < 4.78 is 7.19. The zero-order valence-corrected chi connectivity index (χ0v) is 18.8. The van der Waals surface area contributed by atoms with Crippen molar-refractivity contribution in [2.24, 2.45) is 11.1 Å². The second-order valence-corrected chi connectivity index (χ2v) is 8.97. The molecule has 2 fully saturated rings. The van der Waals surface area contributed by atoms with Crippen LogP contribution in [0.25, 0.3) is 11.0 Å². The highest BCUT2D eigenvalue weighted by molar-refractivity contribution is 5.82. The van der Waals surface area contributed by atoms with E-state index in [9.17, 15) is 14.7 Å². The molecule has 2 aromatic heterocycles. The Morgan fingerprint density at radius 1 is 1.18 bits per heavy atom. The van der Waals surface area contributed by atoms with Gasteiger partial charge in [-0.05, 0) is 43.2 Å². The third-order valence-electron chi connectivity index (χ3n) is 6.99. The molecular weight excluding hydrogens is 436 g/mol. The minimum absolute atomic E-state index is 0.0636. The standard InChI is InChI=1S/C24H28N6O4/c25-20(31)14-19(24(22(32)33)7-1-8-24)30-9-6-16-15-26-23(28-21(16)30)27-17-2-4-18(5-3-17)29-10-12-34-13-11-29/h2-6,9,15,19H,1,7-8,10-14H2,(H2,25,31)(H,32,33)(H,26,27,28). The minimum atomic E-state index is -1.02. The SMILES string of the molecule is NC(=O)CC(n1ccc2cnc(Nc3ccc(N4CCOCC4)cc3)nc21)C1(C(=O)O)CCC1. The van der Waals surface area contributed by atoms with Crippen molar-refractivity contribution in [1.29, 1.82) is 0 Å². The molecule has 1 saturated carbocycles. The van der Waals surface area contributed by atoms with Crippen molar-refractivity contribution < 1.29 is 19.4 Å². The van der Waals surface area contributed by atoms with Crippen LogP contribution in [0.2, 0.25) is 0 Å². The van der Waals surface area contributed by atoms with Crippen LogP contribution in [0.5, 0.6) is 0 Å². The highest BCUT2D eigenvalue weighted by Gasteiger charge is 2.52. The number of benzene rings is 1. The zero-order valence-electron chi connectivity index (χ0n) is 18.8. The van der Waals surface area contributed by atoms with Crippen molar-refractivity contribution >= 4 is 40.2 Å². The van der Waals surface area contributed by atoms with Crippen molar-refractivity contribution in [3.05, 3.63) is 42.7 Å². The van der Waals surface area contributed by atoms with E-state index in [2.05, 4.69) is 20.2 Å². The van der Waals surface area contributed by atoms with Gasteiger partial charge >= 0.3 is 5.97 Å². The van der Waals surface area contributed by atoms with Crippen LogP contribution in [-0.4, -0.2) is 57.8 Å². The smallest absolute Gasteiger partial charge is 0.311 e. The van der Waals surface area contributed by atoms with Gasteiger partial charge in [-0.1, -0.05) is 6.42 Å². The Hall–Kier alpha value is -3.66. The summed E-state index contributed by atoms with van der Waals surface area (Å²) in [6.07, 6.45) is 5.22. The fourth-order valence-corrected chi connectivity index (χ4v) is 4.95. The Kier molecular flexibility index (Phi) is 5.82. The monoisotopic (exact) mass is 464 g/mol. The third-order valence-corrected chi connectivity index (χ3v) is 6.99. The maximum Gasteiger partial charge on any atom is 0.311 e. The van der Waals surface area contributed by atoms with Crippen LogP contribution >= 0.6 is 0 Å². The lowest BCUT2D eigenvalue weighted by Gasteiger charge is -2.44. The molecule has 2 aliphatic rings. The maximum absolute atomic E-state index is 12.2. The van der Waals surface area contributed by atoms with Crippen LogP contribution in [-0.2, 0) is 14.3 Å². The van der Waals surface area contributed by atoms with Gasteiger partial charge in [-0.15, -0.1) is 0 Å². The first-order valence-electron chi connectivity index (χ1n) is 11.5. The number of nitrogens with one attached hydrogen (secondary N) is 1. The van der Waals surface area contributed by atoms with Crippen molar-refractivity contribution in [3.63, 3.8) is 0 Å². The number of nitrogens with two attached hydrogens (primary N) is 1. The van der Waals surface area contributed by atoms with E-state index in [1.807, 2.05) is 30.3 Å². The topological polar surface area (TPSA) is 136 Å². The number of carboxylic acids is 1. The van der Waals surface area contributed by atoms with E-state index in [0.29, 0.717) is 24.4 Å². The van der Waals surface area contributed by atoms with Gasteiger partial charge in [0, 0.05) is 48.7 Å². The molecule has 0 spiro atoms. The third kappa shape index (κ3) is 4.05. The van der Waals surface area contributed by atoms with Crippen molar-refractivity contribution in [1.82, 2.24) is 14.5 Å². The van der Waals surface area contributed by atoms with Crippen LogP contribution in [0.4, 0.5) is 17.3 Å². The number of primary amides is 1. The van der Waals surface area contributed by atoms with E-state index >= 15 is 0 Å². The normalized spacial score (nSPS) is 18.3. The van der Waals surface area contributed by atoms with Crippen LogP contribution in [0.1, 0.15) is 31.7 Å². The average molecular weight is 465 g/mol. The molecule has 0 bridgehead atoms. The minimum Gasteiger partial charge on any atom is -0.481 e. The van der Waals surface area contributed by atoms with Gasteiger partial charge in [-0.25, -0.2) is 4.98 Å². The number of nitrogens with zero attached hydrogens (tertiary/aromatic N) is 4. The molecule has 178 valence electrons. The number of rotatable bonds is 8. The summed E-state index contributed by atoms with van der Waals surface area (Å²) in [6.45, 7) is 3.20. The first-order chi connectivity index (χ1) is 16.5. The quantitative estimate of drug-likeness (QED) is 0.463. The summed E-state index contributed by atoms with van der Waals surface area (Å²) in [5.41, 5.74) is 7.04. The highest BCUT2D eigenvalue weighted by Crippen LogP contribution is 2.51. The lowest BCUT2D eigenvalue weighted by molar-refractivity contribution is -0.159. The molecule has 10 heteroatoms. The van der Waals surface area contributed by atoms with E-state index in [1.54, 1.807) is 17.0 Å². The average Bonchev–Trinajstić information content (AvgIpc) is 3.21. The largest absolute Gasteiger partial charge is 0.481 e. The first-order valence-corrected chi connectivity index (χ1v) is 11.5. The van der Waals surface area contributed by atoms with Crippen LogP contribution in [0, 0.1) is 5.41 Å². The molecule has 0 radical (unpaired) electrons. The van der Waals surface area contributed by atoms with Gasteiger partial charge in [0.15, 0.2) is 0 Å². The summed E-state index contributed by atoms with van der Waals surface area (Å²) in [6, 6.07) is 9.26. The summed E-state index contributed by atoms with van der Waals surface area (Å²) in [4.78, 5) is 35.4. The number of morpholine rings is 1. The van der Waals surface area contributed by atoms with Gasteiger partial charge in [0.2, 0.25) is 11.9 Å². The molecule has 1 aromatic carbocycles. The molecule has 34 heavy (non-hydrogen) atoms. The number of hydrogen-bond donors (Lipinski definition) is 3. The lowest BCUT2D eigenvalue weighted by atomic mass is 9.63. The molecular formula is C24H28N6O4. The number of carbonyl (C=O) groups excluding carboxylic acids is 1. The number of carbonyl (C=O) groups is 2. The fraction of sp³-hybridized carbons (Fsp3) is 0.417. The van der Waals surface area contributed by atoms with Gasteiger partial charge in [0.05, 0.1) is 24.7 Å². The zero-order chi connectivity index (χ0) is 23.7. The van der Waals surface area contributed by atoms with Gasteiger partial charge < -0.3 is 30.4 Å². The second kappa shape index (κ2) is 8.94. The molecule has 3 heterocycles. The molecule has 1 saturated heterocycles. The molecule has 4 N–H and O–H groups in total. The van der Waals surface area contributed by atoms with Crippen molar-refractivity contribution in [2.75, 3.05) is 36.5 Å². The number of aromatic nitrogens is 3. The highest BCUT2D eigenvalue weighted by atomic mass is 16.5. The number of fused-ring (bicyclic) bond motifs is 1. The molecule has 5 rings (SSSR count). The summed E-state index contributed by atoms with van der Waals surface area (Å²) in [5, 5.41) is 14.0. The van der Waals surface area contributed by atoms with Gasteiger partial charge in [-0.3, -0.25) is 9.59 Å². The predicted molar refractivity (Wildman–Crippen MR) is 127 cm³/mol. The molecule has 1 atom stereocenters.